The maximum absolute atomic E-state index is 12.8. The van der Waals surface area contributed by atoms with Crippen molar-refractivity contribution in [1.82, 2.24) is 25.3 Å². The van der Waals surface area contributed by atoms with E-state index in [0.717, 1.165) is 16.3 Å². The summed E-state index contributed by atoms with van der Waals surface area (Å²) in [4.78, 5) is 16.6. The number of carbonyl (C=O) groups excluding carboxylic acids is 1. The molecule has 4 aromatic rings. The van der Waals surface area contributed by atoms with Crippen molar-refractivity contribution in [1.29, 1.82) is 0 Å². The molecule has 0 bridgehead atoms. The van der Waals surface area contributed by atoms with Crippen LogP contribution < -0.4 is 5.32 Å². The molecule has 1 N–H and O–H groups in total. The number of hydrogen-bond donors (Lipinski definition) is 1. The van der Waals surface area contributed by atoms with Gasteiger partial charge in [0.05, 0.1) is 18.8 Å². The van der Waals surface area contributed by atoms with Crippen LogP contribution in [0.25, 0.3) is 22.0 Å². The zero-order chi connectivity index (χ0) is 20.9. The molecule has 0 saturated heterocycles. The minimum atomic E-state index is -1.15. The van der Waals surface area contributed by atoms with Crippen LogP contribution in [0.2, 0.25) is 0 Å². The number of halogens is 2. The van der Waals surface area contributed by atoms with Crippen molar-refractivity contribution in [2.24, 2.45) is 0 Å². The number of nitrogens with one attached hydrogen (secondary N) is 1. The van der Waals surface area contributed by atoms with E-state index < -0.39 is 25.3 Å². The monoisotopic (exact) mass is 407 g/mol. The first-order chi connectivity index (χ1) is 14.7. The van der Waals surface area contributed by atoms with Crippen LogP contribution in [0.1, 0.15) is 15.9 Å². The van der Waals surface area contributed by atoms with Gasteiger partial charge in [0.2, 0.25) is 0 Å². The molecule has 1 amide bonds. The molecular formula is C22H19F2N5O. The van der Waals surface area contributed by atoms with E-state index in [1.807, 2.05) is 24.3 Å². The van der Waals surface area contributed by atoms with Gasteiger partial charge in [-0.2, -0.15) is 0 Å². The highest BCUT2D eigenvalue weighted by Crippen LogP contribution is 2.22. The van der Waals surface area contributed by atoms with Crippen molar-refractivity contribution in [3.8, 4) is 11.3 Å². The van der Waals surface area contributed by atoms with Crippen molar-refractivity contribution in [3.63, 3.8) is 0 Å². The van der Waals surface area contributed by atoms with E-state index in [1.165, 1.54) is 0 Å². The van der Waals surface area contributed by atoms with Crippen LogP contribution in [0.5, 0.6) is 0 Å². The summed E-state index contributed by atoms with van der Waals surface area (Å²) in [5.41, 5.74) is 2.64. The fourth-order valence-electron chi connectivity index (χ4n) is 3.19. The molecule has 2 aromatic heterocycles. The number of fused-ring (bicyclic) bond motifs is 1. The van der Waals surface area contributed by atoms with E-state index in [9.17, 15) is 13.6 Å². The molecule has 4 rings (SSSR count). The zero-order valence-corrected chi connectivity index (χ0v) is 16.0. The van der Waals surface area contributed by atoms with E-state index in [2.05, 4.69) is 20.6 Å². The van der Waals surface area contributed by atoms with Crippen LogP contribution in [0.4, 0.5) is 8.78 Å². The van der Waals surface area contributed by atoms with Crippen LogP contribution >= 0.6 is 0 Å². The van der Waals surface area contributed by atoms with Crippen molar-refractivity contribution in [2.45, 2.75) is 12.6 Å². The molecule has 0 saturated carbocycles. The van der Waals surface area contributed by atoms with Crippen molar-refractivity contribution in [3.05, 3.63) is 78.2 Å². The molecule has 152 valence electrons. The predicted molar refractivity (Wildman–Crippen MR) is 110 cm³/mol. The first-order valence-electron chi connectivity index (χ1n) is 9.43. The van der Waals surface area contributed by atoms with Crippen molar-refractivity contribution >= 4 is 16.7 Å². The molecule has 0 aliphatic rings. The average Bonchev–Trinajstić information content (AvgIpc) is 3.26. The quantitative estimate of drug-likeness (QED) is 0.508. The van der Waals surface area contributed by atoms with E-state index >= 15 is 0 Å². The van der Waals surface area contributed by atoms with Crippen LogP contribution in [0.15, 0.2) is 67.1 Å². The maximum atomic E-state index is 12.8. The Labute approximate surface area is 171 Å². The molecule has 0 spiro atoms. The number of benzene rings is 2. The summed E-state index contributed by atoms with van der Waals surface area (Å²) < 4.78 is 27.1. The molecule has 0 radical (unpaired) electrons. The molecule has 0 aliphatic heterocycles. The predicted octanol–water partition coefficient (Wildman–Crippen LogP) is 3.58. The molecule has 30 heavy (non-hydrogen) atoms. The number of rotatable bonds is 7. The third kappa shape index (κ3) is 4.17. The number of carbonyl (C=O) groups is 1. The Hall–Kier alpha value is -3.68. The van der Waals surface area contributed by atoms with Crippen LogP contribution in [0, 0.1) is 0 Å². The van der Waals surface area contributed by atoms with Gasteiger partial charge in [0.25, 0.3) is 5.91 Å². The smallest absolute Gasteiger partial charge is 0.252 e. The summed E-state index contributed by atoms with van der Waals surface area (Å²) in [6.45, 7) is -1.62. The zero-order valence-electron chi connectivity index (χ0n) is 16.0. The molecular weight excluding hydrogens is 388 g/mol. The summed E-state index contributed by atoms with van der Waals surface area (Å²) in [6, 6.07) is 13.6. The molecule has 8 heteroatoms. The molecule has 2 aromatic carbocycles. The summed E-state index contributed by atoms with van der Waals surface area (Å²) >= 11 is 0. The summed E-state index contributed by atoms with van der Waals surface area (Å²) in [7, 11) is 0. The van der Waals surface area contributed by atoms with Crippen LogP contribution in [-0.4, -0.2) is 45.3 Å². The second kappa shape index (κ2) is 8.77. The van der Waals surface area contributed by atoms with Gasteiger partial charge in [0, 0.05) is 28.9 Å². The number of nitrogens with zero attached hydrogens (tertiary/aromatic N) is 4. The molecule has 6 nitrogen and oxygen atoms in total. The van der Waals surface area contributed by atoms with Crippen LogP contribution in [-0.2, 0) is 6.54 Å². The van der Waals surface area contributed by atoms with E-state index in [4.69, 9.17) is 0 Å². The van der Waals surface area contributed by atoms with Gasteiger partial charge in [-0.25, -0.2) is 13.5 Å². The number of hydrogen-bond acceptors (Lipinski definition) is 4. The van der Waals surface area contributed by atoms with Crippen LogP contribution in [0.3, 0.4) is 0 Å². The molecule has 2 heterocycles. The third-order valence-electron chi connectivity index (χ3n) is 4.78. The highest BCUT2D eigenvalue weighted by Gasteiger charge is 2.17. The molecule has 0 aliphatic carbocycles. The maximum Gasteiger partial charge on any atom is 0.252 e. The fourth-order valence-corrected chi connectivity index (χ4v) is 3.19. The number of amides is 1. The SMILES string of the molecule is O=C(NC(CF)CF)c1ccccc1Cn1cc(-c2ccc3cnccc3c2)nn1. The van der Waals surface area contributed by atoms with Crippen molar-refractivity contribution < 1.29 is 13.6 Å². The Morgan fingerprint density at radius 1 is 1.07 bits per heavy atom. The van der Waals surface area contributed by atoms with Gasteiger partial charge >= 0.3 is 0 Å². The Morgan fingerprint density at radius 3 is 2.73 bits per heavy atom. The fraction of sp³-hybridized carbons (Fsp3) is 0.182. The highest BCUT2D eigenvalue weighted by molar-refractivity contribution is 5.95. The van der Waals surface area contributed by atoms with E-state index in [0.29, 0.717) is 23.4 Å². The molecule has 0 fully saturated rings. The Morgan fingerprint density at radius 2 is 1.90 bits per heavy atom. The number of pyridine rings is 1. The van der Waals surface area contributed by atoms with Gasteiger partial charge < -0.3 is 5.32 Å². The van der Waals surface area contributed by atoms with Gasteiger partial charge in [-0.3, -0.25) is 9.78 Å². The standard InChI is InChI=1S/C22H19F2N5O/c23-10-19(11-24)26-22(30)20-4-2-1-3-18(20)13-29-14-21(27-28-29)16-5-6-17-12-25-8-7-15(17)9-16/h1-9,12,14,19H,10-11,13H2,(H,26,30). The highest BCUT2D eigenvalue weighted by atomic mass is 19.1. The first-order valence-corrected chi connectivity index (χ1v) is 9.43. The minimum Gasteiger partial charge on any atom is -0.344 e. The topological polar surface area (TPSA) is 72.7 Å². The minimum absolute atomic E-state index is 0.296. The van der Waals surface area contributed by atoms with E-state index in [1.54, 1.807) is 47.5 Å². The summed E-state index contributed by atoms with van der Waals surface area (Å²) in [6.07, 6.45) is 5.33. The lowest BCUT2D eigenvalue weighted by atomic mass is 10.1. The molecule has 0 atom stereocenters. The average molecular weight is 407 g/mol. The van der Waals surface area contributed by atoms with Gasteiger partial charge in [-0.05, 0) is 29.1 Å². The lowest BCUT2D eigenvalue weighted by Crippen LogP contribution is -2.38. The lowest BCUT2D eigenvalue weighted by molar-refractivity contribution is 0.0920. The summed E-state index contributed by atoms with van der Waals surface area (Å²) in [5.74, 6) is -0.519. The van der Waals surface area contributed by atoms with Gasteiger partial charge in [0.1, 0.15) is 19.0 Å². The second-order valence-electron chi connectivity index (χ2n) is 6.88. The Bertz CT molecular complexity index is 1170. The largest absolute Gasteiger partial charge is 0.344 e. The van der Waals surface area contributed by atoms with Gasteiger partial charge in [0.15, 0.2) is 0 Å². The lowest BCUT2D eigenvalue weighted by Gasteiger charge is -2.14. The van der Waals surface area contributed by atoms with Gasteiger partial charge in [-0.15, -0.1) is 5.10 Å². The Kier molecular flexibility index (Phi) is 5.74. The summed E-state index contributed by atoms with van der Waals surface area (Å²) in [5, 5.41) is 12.9. The number of aromatic nitrogens is 4. The second-order valence-corrected chi connectivity index (χ2v) is 6.88. The van der Waals surface area contributed by atoms with Gasteiger partial charge in [-0.1, -0.05) is 35.5 Å². The van der Waals surface area contributed by atoms with Crippen molar-refractivity contribution in [2.75, 3.05) is 13.3 Å². The first kappa shape index (κ1) is 19.6. The van der Waals surface area contributed by atoms with E-state index in [-0.39, 0.29) is 0 Å². The third-order valence-corrected chi connectivity index (χ3v) is 4.78. The number of alkyl halides is 2. The molecule has 0 unspecified atom stereocenters. The normalized spacial score (nSPS) is 11.2. The Balaban J connectivity index is 1.56.